The number of amides is 1. The van der Waals surface area contributed by atoms with E-state index in [4.69, 9.17) is 5.11 Å². The summed E-state index contributed by atoms with van der Waals surface area (Å²) < 4.78 is 0. The van der Waals surface area contributed by atoms with Crippen LogP contribution in [0.4, 0.5) is 5.82 Å². The average Bonchev–Trinajstić information content (AvgIpc) is 2.40. The standard InChI is InChI=1S/C13H14N4O3/c1-8-2-3-15-12(9(8)7-14)17-5-4-16-13(20)10(17)6-11(18)19/h2-3,10H,4-6H2,1H3,(H,16,20)(H,18,19). The summed E-state index contributed by atoms with van der Waals surface area (Å²) >= 11 is 0. The van der Waals surface area contributed by atoms with Gasteiger partial charge in [-0.1, -0.05) is 0 Å². The Morgan fingerprint density at radius 1 is 1.70 bits per heavy atom. The van der Waals surface area contributed by atoms with E-state index in [2.05, 4.69) is 16.4 Å². The number of aromatic nitrogens is 1. The van der Waals surface area contributed by atoms with E-state index >= 15 is 0 Å². The molecule has 1 atom stereocenters. The molecule has 2 rings (SSSR count). The molecule has 1 aromatic rings. The smallest absolute Gasteiger partial charge is 0.305 e. The van der Waals surface area contributed by atoms with Crippen molar-refractivity contribution in [3.8, 4) is 6.07 Å². The lowest BCUT2D eigenvalue weighted by atomic mass is 10.1. The number of nitrogens with one attached hydrogen (secondary N) is 1. The maximum absolute atomic E-state index is 11.9. The Bertz CT molecular complexity index is 594. The molecule has 1 fully saturated rings. The highest BCUT2D eigenvalue weighted by Gasteiger charge is 2.33. The first-order valence-corrected chi connectivity index (χ1v) is 6.16. The van der Waals surface area contributed by atoms with Crippen LogP contribution in [0.1, 0.15) is 17.5 Å². The molecular weight excluding hydrogens is 260 g/mol. The van der Waals surface area contributed by atoms with E-state index in [9.17, 15) is 14.9 Å². The predicted octanol–water partition coefficient (Wildman–Crippen LogP) is 0.0412. The van der Waals surface area contributed by atoms with E-state index in [0.717, 1.165) is 5.56 Å². The number of aliphatic carboxylic acids is 1. The summed E-state index contributed by atoms with van der Waals surface area (Å²) in [5.41, 5.74) is 1.12. The van der Waals surface area contributed by atoms with Gasteiger partial charge in [0.2, 0.25) is 5.91 Å². The highest BCUT2D eigenvalue weighted by molar-refractivity contribution is 5.90. The van der Waals surface area contributed by atoms with E-state index in [-0.39, 0.29) is 12.3 Å². The zero-order chi connectivity index (χ0) is 14.7. The molecular formula is C13H14N4O3. The Hall–Kier alpha value is -2.62. The second-order valence-corrected chi connectivity index (χ2v) is 4.54. The number of rotatable bonds is 3. The molecule has 0 aliphatic carbocycles. The number of carbonyl (C=O) groups is 2. The Morgan fingerprint density at radius 2 is 2.45 bits per heavy atom. The molecule has 1 saturated heterocycles. The molecule has 1 amide bonds. The highest BCUT2D eigenvalue weighted by atomic mass is 16.4. The van der Waals surface area contributed by atoms with Crippen molar-refractivity contribution in [3.05, 3.63) is 23.4 Å². The third-order valence-electron chi connectivity index (χ3n) is 3.22. The van der Waals surface area contributed by atoms with Crippen LogP contribution in [0.2, 0.25) is 0 Å². The summed E-state index contributed by atoms with van der Waals surface area (Å²) in [5, 5.41) is 20.8. The van der Waals surface area contributed by atoms with Gasteiger partial charge in [0.05, 0.1) is 12.0 Å². The topological polar surface area (TPSA) is 106 Å². The number of piperazine rings is 1. The average molecular weight is 274 g/mol. The summed E-state index contributed by atoms with van der Waals surface area (Å²) in [6.07, 6.45) is 1.22. The van der Waals surface area contributed by atoms with Gasteiger partial charge in [-0.15, -0.1) is 0 Å². The van der Waals surface area contributed by atoms with Gasteiger partial charge in [0.25, 0.3) is 0 Å². The van der Waals surface area contributed by atoms with Crippen molar-refractivity contribution in [2.75, 3.05) is 18.0 Å². The minimum atomic E-state index is -1.07. The van der Waals surface area contributed by atoms with Crippen molar-refractivity contribution in [1.29, 1.82) is 5.26 Å². The van der Waals surface area contributed by atoms with Crippen LogP contribution < -0.4 is 10.2 Å². The van der Waals surface area contributed by atoms with Crippen molar-refractivity contribution in [2.45, 2.75) is 19.4 Å². The number of carboxylic acid groups (broad SMARTS) is 1. The van der Waals surface area contributed by atoms with Gasteiger partial charge >= 0.3 is 5.97 Å². The molecule has 0 saturated carbocycles. The summed E-state index contributed by atoms with van der Waals surface area (Å²) in [7, 11) is 0. The number of nitriles is 1. The maximum atomic E-state index is 11.9. The SMILES string of the molecule is Cc1ccnc(N2CCNC(=O)C2CC(=O)O)c1C#N. The second-order valence-electron chi connectivity index (χ2n) is 4.54. The first-order chi connectivity index (χ1) is 9.54. The van der Waals surface area contributed by atoms with Gasteiger partial charge in [0.15, 0.2) is 0 Å². The van der Waals surface area contributed by atoms with Crippen LogP contribution in [0, 0.1) is 18.3 Å². The maximum Gasteiger partial charge on any atom is 0.305 e. The van der Waals surface area contributed by atoms with Crippen molar-refractivity contribution < 1.29 is 14.7 Å². The zero-order valence-electron chi connectivity index (χ0n) is 11.0. The number of carboxylic acids is 1. The number of hydrogen-bond acceptors (Lipinski definition) is 5. The molecule has 2 heterocycles. The van der Waals surface area contributed by atoms with E-state index in [1.807, 2.05) is 0 Å². The van der Waals surface area contributed by atoms with Crippen LogP contribution in [0.25, 0.3) is 0 Å². The van der Waals surface area contributed by atoms with Crippen LogP contribution in [0.15, 0.2) is 12.3 Å². The quantitative estimate of drug-likeness (QED) is 0.806. The molecule has 2 N–H and O–H groups in total. The Kier molecular flexibility index (Phi) is 3.84. The molecule has 1 aromatic heterocycles. The molecule has 0 bridgehead atoms. The number of pyridine rings is 1. The third kappa shape index (κ3) is 2.54. The van der Waals surface area contributed by atoms with Crippen LogP contribution in [-0.2, 0) is 9.59 Å². The zero-order valence-corrected chi connectivity index (χ0v) is 11.0. The summed E-state index contributed by atoms with van der Waals surface area (Å²) in [5.74, 6) is -1.05. The fraction of sp³-hybridized carbons (Fsp3) is 0.385. The summed E-state index contributed by atoms with van der Waals surface area (Å²) in [6.45, 7) is 2.60. The number of carbonyl (C=O) groups excluding carboxylic acids is 1. The summed E-state index contributed by atoms with van der Waals surface area (Å²) in [6, 6.07) is 2.93. The molecule has 7 heteroatoms. The first-order valence-electron chi connectivity index (χ1n) is 6.16. The third-order valence-corrected chi connectivity index (χ3v) is 3.22. The minimum absolute atomic E-state index is 0.327. The predicted molar refractivity (Wildman–Crippen MR) is 70.1 cm³/mol. The molecule has 1 aliphatic heterocycles. The lowest BCUT2D eigenvalue weighted by Crippen LogP contribution is -2.56. The number of nitrogens with zero attached hydrogens (tertiary/aromatic N) is 3. The van der Waals surface area contributed by atoms with Gasteiger partial charge in [0, 0.05) is 19.3 Å². The van der Waals surface area contributed by atoms with Gasteiger partial charge in [-0.25, -0.2) is 4.98 Å². The fourth-order valence-corrected chi connectivity index (χ4v) is 2.24. The van der Waals surface area contributed by atoms with E-state index in [1.165, 1.54) is 0 Å². The van der Waals surface area contributed by atoms with Crippen LogP contribution in [0.5, 0.6) is 0 Å². The largest absolute Gasteiger partial charge is 0.481 e. The van der Waals surface area contributed by atoms with Crippen molar-refractivity contribution >= 4 is 17.7 Å². The Morgan fingerprint density at radius 3 is 3.10 bits per heavy atom. The van der Waals surface area contributed by atoms with Gasteiger partial charge in [0.1, 0.15) is 17.9 Å². The van der Waals surface area contributed by atoms with Gasteiger partial charge in [-0.2, -0.15) is 5.26 Å². The van der Waals surface area contributed by atoms with Crippen LogP contribution in [-0.4, -0.2) is 41.1 Å². The van der Waals surface area contributed by atoms with Crippen molar-refractivity contribution in [3.63, 3.8) is 0 Å². The minimum Gasteiger partial charge on any atom is -0.481 e. The number of aryl methyl sites for hydroxylation is 1. The van der Waals surface area contributed by atoms with E-state index < -0.39 is 12.0 Å². The first kappa shape index (κ1) is 13.8. The Balaban J connectivity index is 2.43. The van der Waals surface area contributed by atoms with Gasteiger partial charge in [-0.3, -0.25) is 9.59 Å². The van der Waals surface area contributed by atoms with E-state index in [0.29, 0.717) is 24.5 Å². The van der Waals surface area contributed by atoms with E-state index in [1.54, 1.807) is 24.1 Å². The number of anilines is 1. The monoisotopic (exact) mass is 274 g/mol. The fourth-order valence-electron chi connectivity index (χ4n) is 2.24. The van der Waals surface area contributed by atoms with Gasteiger partial charge in [-0.05, 0) is 18.6 Å². The molecule has 7 nitrogen and oxygen atoms in total. The molecule has 0 radical (unpaired) electrons. The number of hydrogen-bond donors (Lipinski definition) is 2. The molecule has 104 valence electrons. The lowest BCUT2D eigenvalue weighted by molar-refractivity contribution is -0.139. The van der Waals surface area contributed by atoms with Crippen LogP contribution in [0.3, 0.4) is 0 Å². The Labute approximate surface area is 115 Å². The lowest BCUT2D eigenvalue weighted by Gasteiger charge is -2.35. The summed E-state index contributed by atoms with van der Waals surface area (Å²) in [4.78, 5) is 28.5. The molecule has 20 heavy (non-hydrogen) atoms. The highest BCUT2D eigenvalue weighted by Crippen LogP contribution is 2.24. The van der Waals surface area contributed by atoms with Gasteiger partial charge < -0.3 is 15.3 Å². The van der Waals surface area contributed by atoms with Crippen molar-refractivity contribution in [1.82, 2.24) is 10.3 Å². The molecule has 1 unspecified atom stereocenters. The second kappa shape index (κ2) is 5.57. The molecule has 0 spiro atoms. The molecule has 0 aromatic carbocycles. The van der Waals surface area contributed by atoms with Crippen molar-refractivity contribution in [2.24, 2.45) is 0 Å². The molecule has 1 aliphatic rings. The van der Waals surface area contributed by atoms with Crippen LogP contribution >= 0.6 is 0 Å². The normalized spacial score (nSPS) is 18.3.